The summed E-state index contributed by atoms with van der Waals surface area (Å²) in [7, 11) is 0. The van der Waals surface area contributed by atoms with Gasteiger partial charge in [-0.05, 0) is 11.6 Å². The third kappa shape index (κ3) is 4.14. The lowest BCUT2D eigenvalue weighted by Gasteiger charge is -2.07. The van der Waals surface area contributed by atoms with E-state index in [9.17, 15) is 9.59 Å². The SMILES string of the molecule is O=C(COC(=O)c1cnn2c(-c3ccccc3)ccnc12)NCc1ccccc1. The quantitative estimate of drug-likeness (QED) is 0.515. The zero-order valence-corrected chi connectivity index (χ0v) is 15.5. The van der Waals surface area contributed by atoms with Gasteiger partial charge in [-0.2, -0.15) is 5.10 Å². The van der Waals surface area contributed by atoms with Crippen LogP contribution in [0.15, 0.2) is 79.1 Å². The van der Waals surface area contributed by atoms with Crippen LogP contribution in [0.2, 0.25) is 0 Å². The number of carbonyl (C=O) groups is 2. The van der Waals surface area contributed by atoms with E-state index >= 15 is 0 Å². The number of hydrogen-bond acceptors (Lipinski definition) is 5. The largest absolute Gasteiger partial charge is 0.452 e. The molecule has 144 valence electrons. The number of carbonyl (C=O) groups excluding carboxylic acids is 2. The lowest BCUT2D eigenvalue weighted by molar-refractivity contribution is -0.124. The van der Waals surface area contributed by atoms with E-state index in [4.69, 9.17) is 4.74 Å². The molecule has 0 unspecified atom stereocenters. The predicted molar refractivity (Wildman–Crippen MR) is 107 cm³/mol. The minimum absolute atomic E-state index is 0.207. The minimum Gasteiger partial charge on any atom is -0.452 e. The molecule has 4 rings (SSSR count). The molecule has 7 heteroatoms. The van der Waals surface area contributed by atoms with Crippen molar-refractivity contribution in [1.82, 2.24) is 19.9 Å². The van der Waals surface area contributed by atoms with Crippen LogP contribution < -0.4 is 5.32 Å². The summed E-state index contributed by atoms with van der Waals surface area (Å²) >= 11 is 0. The molecular weight excluding hydrogens is 368 g/mol. The predicted octanol–water partition coefficient (Wildman–Crippen LogP) is 2.87. The first-order chi connectivity index (χ1) is 14.2. The topological polar surface area (TPSA) is 85.6 Å². The number of rotatable bonds is 6. The van der Waals surface area contributed by atoms with E-state index in [1.165, 1.54) is 6.20 Å². The molecule has 2 aromatic heterocycles. The van der Waals surface area contributed by atoms with Gasteiger partial charge >= 0.3 is 5.97 Å². The Labute approximate surface area is 167 Å². The molecule has 0 fully saturated rings. The first kappa shape index (κ1) is 18.4. The Hall–Kier alpha value is -4.00. The zero-order chi connectivity index (χ0) is 20.1. The molecule has 0 aliphatic heterocycles. The number of fused-ring (bicyclic) bond motifs is 1. The van der Waals surface area contributed by atoms with Crippen molar-refractivity contribution in [3.8, 4) is 11.3 Å². The zero-order valence-electron chi connectivity index (χ0n) is 15.5. The maximum atomic E-state index is 12.5. The fourth-order valence-corrected chi connectivity index (χ4v) is 2.92. The number of ether oxygens (including phenoxy) is 1. The van der Waals surface area contributed by atoms with Gasteiger partial charge in [0.2, 0.25) is 0 Å². The molecule has 0 spiro atoms. The maximum absolute atomic E-state index is 12.5. The molecule has 29 heavy (non-hydrogen) atoms. The number of aromatic nitrogens is 3. The van der Waals surface area contributed by atoms with E-state index in [0.717, 1.165) is 16.8 Å². The van der Waals surface area contributed by atoms with Gasteiger partial charge in [0.1, 0.15) is 5.56 Å². The van der Waals surface area contributed by atoms with E-state index in [1.54, 1.807) is 10.7 Å². The van der Waals surface area contributed by atoms with E-state index in [1.807, 2.05) is 66.7 Å². The third-order valence-corrected chi connectivity index (χ3v) is 4.36. The van der Waals surface area contributed by atoms with Gasteiger partial charge in [0.25, 0.3) is 5.91 Å². The molecule has 0 saturated heterocycles. The van der Waals surface area contributed by atoms with Gasteiger partial charge in [-0.25, -0.2) is 14.3 Å². The van der Waals surface area contributed by atoms with Crippen molar-refractivity contribution in [2.75, 3.05) is 6.61 Å². The van der Waals surface area contributed by atoms with Gasteiger partial charge in [0.05, 0.1) is 11.9 Å². The Morgan fingerprint density at radius 1 is 0.966 bits per heavy atom. The Kier molecular flexibility index (Phi) is 5.29. The van der Waals surface area contributed by atoms with Crippen molar-refractivity contribution < 1.29 is 14.3 Å². The third-order valence-electron chi connectivity index (χ3n) is 4.36. The molecule has 0 saturated carbocycles. The first-order valence-electron chi connectivity index (χ1n) is 9.08. The Balaban J connectivity index is 1.43. The molecule has 4 aromatic rings. The smallest absolute Gasteiger partial charge is 0.344 e. The second kappa shape index (κ2) is 8.35. The van der Waals surface area contributed by atoms with Crippen molar-refractivity contribution in [3.05, 3.63) is 90.3 Å². The van der Waals surface area contributed by atoms with Crippen LogP contribution in [-0.4, -0.2) is 33.1 Å². The summed E-state index contributed by atoms with van der Waals surface area (Å²) in [4.78, 5) is 28.7. The van der Waals surface area contributed by atoms with Crippen LogP contribution in [0.4, 0.5) is 0 Å². The second-order valence-electron chi connectivity index (χ2n) is 6.33. The monoisotopic (exact) mass is 386 g/mol. The molecule has 7 nitrogen and oxygen atoms in total. The molecule has 0 aliphatic rings. The van der Waals surface area contributed by atoms with Gasteiger partial charge in [0, 0.05) is 18.3 Å². The highest BCUT2D eigenvalue weighted by atomic mass is 16.5. The number of hydrogen-bond donors (Lipinski definition) is 1. The van der Waals surface area contributed by atoms with E-state index in [-0.39, 0.29) is 18.1 Å². The van der Waals surface area contributed by atoms with E-state index < -0.39 is 5.97 Å². The lowest BCUT2D eigenvalue weighted by atomic mass is 10.1. The van der Waals surface area contributed by atoms with Gasteiger partial charge in [-0.3, -0.25) is 4.79 Å². The van der Waals surface area contributed by atoms with Gasteiger partial charge in [-0.15, -0.1) is 0 Å². The molecule has 0 radical (unpaired) electrons. The van der Waals surface area contributed by atoms with Crippen molar-refractivity contribution >= 4 is 17.5 Å². The highest BCUT2D eigenvalue weighted by Gasteiger charge is 2.18. The van der Waals surface area contributed by atoms with Gasteiger partial charge in [0.15, 0.2) is 12.3 Å². The molecule has 0 bridgehead atoms. The van der Waals surface area contributed by atoms with Crippen LogP contribution in [0.3, 0.4) is 0 Å². The molecule has 2 heterocycles. The summed E-state index contributed by atoms with van der Waals surface area (Å²) in [5.74, 6) is -1.02. The first-order valence-corrected chi connectivity index (χ1v) is 9.08. The number of amides is 1. The normalized spacial score (nSPS) is 10.6. The fourth-order valence-electron chi connectivity index (χ4n) is 2.92. The maximum Gasteiger partial charge on any atom is 0.344 e. The van der Waals surface area contributed by atoms with Crippen LogP contribution in [-0.2, 0) is 16.1 Å². The Morgan fingerprint density at radius 2 is 1.69 bits per heavy atom. The second-order valence-corrected chi connectivity index (χ2v) is 6.33. The molecule has 1 N–H and O–H groups in total. The van der Waals surface area contributed by atoms with Crippen LogP contribution in [0.1, 0.15) is 15.9 Å². The number of nitrogens with one attached hydrogen (secondary N) is 1. The van der Waals surface area contributed by atoms with Crippen LogP contribution >= 0.6 is 0 Å². The van der Waals surface area contributed by atoms with Crippen LogP contribution in [0, 0.1) is 0 Å². The molecule has 0 aliphatic carbocycles. The number of esters is 1. The average Bonchev–Trinajstić information content (AvgIpc) is 3.22. The van der Waals surface area contributed by atoms with E-state index in [2.05, 4.69) is 15.4 Å². The minimum atomic E-state index is -0.646. The van der Waals surface area contributed by atoms with Crippen molar-refractivity contribution in [2.45, 2.75) is 6.54 Å². The van der Waals surface area contributed by atoms with Crippen molar-refractivity contribution in [3.63, 3.8) is 0 Å². The van der Waals surface area contributed by atoms with Crippen molar-refractivity contribution in [1.29, 1.82) is 0 Å². The number of nitrogens with zero attached hydrogens (tertiary/aromatic N) is 3. The highest BCUT2D eigenvalue weighted by molar-refractivity contribution is 5.97. The van der Waals surface area contributed by atoms with Crippen molar-refractivity contribution in [2.24, 2.45) is 0 Å². The summed E-state index contributed by atoms with van der Waals surface area (Å²) < 4.78 is 6.73. The Bertz CT molecular complexity index is 1140. The average molecular weight is 386 g/mol. The van der Waals surface area contributed by atoms with Gasteiger partial charge in [-0.1, -0.05) is 60.7 Å². The molecule has 1 amide bonds. The number of benzene rings is 2. The molecule has 2 aromatic carbocycles. The summed E-state index contributed by atoms with van der Waals surface area (Å²) in [6.07, 6.45) is 3.02. The summed E-state index contributed by atoms with van der Waals surface area (Å²) in [5, 5.41) is 6.99. The van der Waals surface area contributed by atoms with E-state index in [0.29, 0.717) is 12.2 Å². The summed E-state index contributed by atoms with van der Waals surface area (Å²) in [5.41, 5.74) is 3.30. The molecular formula is C22H18N4O3. The fraction of sp³-hybridized carbons (Fsp3) is 0.0909. The summed E-state index contributed by atoms with van der Waals surface area (Å²) in [6.45, 7) is -0.00267. The van der Waals surface area contributed by atoms with Crippen LogP contribution in [0.25, 0.3) is 16.9 Å². The Morgan fingerprint density at radius 3 is 2.45 bits per heavy atom. The standard InChI is InChI=1S/C22H18N4O3/c27-20(24-13-16-7-3-1-4-8-16)15-29-22(28)18-14-25-26-19(11-12-23-21(18)26)17-9-5-2-6-10-17/h1-12,14H,13,15H2,(H,24,27). The summed E-state index contributed by atoms with van der Waals surface area (Å²) in [6, 6.07) is 21.0. The molecule has 0 atom stereocenters. The van der Waals surface area contributed by atoms with Crippen LogP contribution in [0.5, 0.6) is 0 Å². The van der Waals surface area contributed by atoms with Gasteiger partial charge < -0.3 is 10.1 Å². The highest BCUT2D eigenvalue weighted by Crippen LogP contribution is 2.20. The lowest BCUT2D eigenvalue weighted by Crippen LogP contribution is -2.28.